The lowest BCUT2D eigenvalue weighted by Gasteiger charge is -2.34. The van der Waals surface area contributed by atoms with E-state index in [0.717, 1.165) is 23.1 Å². The van der Waals surface area contributed by atoms with Crippen molar-refractivity contribution in [3.63, 3.8) is 0 Å². The van der Waals surface area contributed by atoms with Crippen molar-refractivity contribution in [3.05, 3.63) is 62.7 Å². The molecule has 3 rings (SSSR count). The number of carbonyl (C=O) groups is 1. The van der Waals surface area contributed by atoms with E-state index < -0.39 is 11.9 Å². The van der Waals surface area contributed by atoms with Crippen molar-refractivity contribution < 1.29 is 28.2 Å². The first-order chi connectivity index (χ1) is 14.9. The number of carbonyl (C=O) groups excluding carboxylic acids is 1. The fourth-order valence-corrected chi connectivity index (χ4v) is 3.60. The Balaban J connectivity index is 0.000000393. The molecule has 1 atom stereocenters. The van der Waals surface area contributed by atoms with Gasteiger partial charge in [-0.05, 0) is 65.4 Å². The van der Waals surface area contributed by atoms with Crippen LogP contribution in [0.1, 0.15) is 24.5 Å². The van der Waals surface area contributed by atoms with Gasteiger partial charge < -0.3 is 24.8 Å². The van der Waals surface area contributed by atoms with E-state index in [1.165, 1.54) is 31.4 Å². The third kappa shape index (κ3) is 8.34. The lowest BCUT2D eigenvalue weighted by Crippen LogP contribution is -2.53. The Morgan fingerprint density at radius 2 is 1.91 bits per heavy atom. The van der Waals surface area contributed by atoms with E-state index in [9.17, 15) is 13.6 Å². The molecule has 10 heteroatoms. The minimum Gasteiger partial charge on any atom is -0.497 e. The third-order valence-electron chi connectivity index (χ3n) is 4.84. The molecule has 2 N–H and O–H groups in total. The molecular formula is C22H28ClF2IN2O4. The predicted octanol–water partition coefficient (Wildman–Crippen LogP) is 4.50. The molecule has 1 amide bonds. The summed E-state index contributed by atoms with van der Waals surface area (Å²) in [5, 5.41) is 11.8. The van der Waals surface area contributed by atoms with Crippen LogP contribution in [0.5, 0.6) is 5.75 Å². The average molecular weight is 585 g/mol. The van der Waals surface area contributed by atoms with Crippen molar-refractivity contribution in [2.75, 3.05) is 26.7 Å². The van der Waals surface area contributed by atoms with Gasteiger partial charge >= 0.3 is 6.09 Å². The highest BCUT2D eigenvalue weighted by Gasteiger charge is 2.26. The Bertz CT molecular complexity index is 876. The number of rotatable bonds is 5. The van der Waals surface area contributed by atoms with Gasteiger partial charge in [0.05, 0.1) is 13.7 Å². The fourth-order valence-electron chi connectivity index (χ4n) is 3.04. The molecular weight excluding hydrogens is 557 g/mol. The maximum absolute atomic E-state index is 13.7. The van der Waals surface area contributed by atoms with Crippen molar-refractivity contribution in [1.82, 2.24) is 10.2 Å². The maximum Gasteiger partial charge on any atom is 0.410 e. The van der Waals surface area contributed by atoms with E-state index in [1.807, 2.05) is 6.92 Å². The Labute approximate surface area is 206 Å². The Morgan fingerprint density at radius 1 is 1.22 bits per heavy atom. The van der Waals surface area contributed by atoms with Gasteiger partial charge in [0.15, 0.2) is 0 Å². The zero-order valence-electron chi connectivity index (χ0n) is 17.9. The summed E-state index contributed by atoms with van der Waals surface area (Å²) in [7, 11) is 1.51. The number of halogens is 4. The molecule has 32 heavy (non-hydrogen) atoms. The Kier molecular flexibility index (Phi) is 12.8. The van der Waals surface area contributed by atoms with Gasteiger partial charge in [-0.15, -0.1) is 12.4 Å². The smallest absolute Gasteiger partial charge is 0.410 e. The van der Waals surface area contributed by atoms with Crippen molar-refractivity contribution in [2.45, 2.75) is 32.6 Å². The number of benzene rings is 2. The van der Waals surface area contributed by atoms with Crippen LogP contribution in [0.15, 0.2) is 36.4 Å². The van der Waals surface area contributed by atoms with E-state index in [1.54, 1.807) is 17.0 Å². The van der Waals surface area contributed by atoms with Crippen molar-refractivity contribution in [3.8, 4) is 5.75 Å². The van der Waals surface area contributed by atoms with Crippen LogP contribution in [-0.2, 0) is 18.0 Å². The van der Waals surface area contributed by atoms with Crippen LogP contribution in [0.2, 0.25) is 0 Å². The van der Waals surface area contributed by atoms with Gasteiger partial charge in [-0.25, -0.2) is 13.6 Å². The fraction of sp³-hybridized carbons (Fsp3) is 0.409. The summed E-state index contributed by atoms with van der Waals surface area (Å²) in [5.41, 5.74) is 0.665. The maximum atomic E-state index is 13.7. The Hall–Kier alpha value is -1.69. The third-order valence-corrected chi connectivity index (χ3v) is 5.51. The van der Waals surface area contributed by atoms with Gasteiger partial charge in [-0.1, -0.05) is 6.92 Å². The van der Waals surface area contributed by atoms with Crippen molar-refractivity contribution >= 4 is 41.1 Å². The summed E-state index contributed by atoms with van der Waals surface area (Å²) in [6.45, 7) is 3.82. The molecule has 0 spiro atoms. The van der Waals surface area contributed by atoms with E-state index in [-0.39, 0.29) is 37.5 Å². The Morgan fingerprint density at radius 3 is 2.53 bits per heavy atom. The molecule has 1 aliphatic heterocycles. The van der Waals surface area contributed by atoms with E-state index in [4.69, 9.17) is 14.6 Å². The number of aliphatic hydroxyl groups excluding tert-OH is 1. The quantitative estimate of drug-likeness (QED) is 0.507. The molecule has 1 heterocycles. The summed E-state index contributed by atoms with van der Waals surface area (Å²) in [4.78, 5) is 13.8. The van der Waals surface area contributed by atoms with Crippen LogP contribution >= 0.6 is 35.0 Å². The number of hydrogen-bond acceptors (Lipinski definition) is 5. The van der Waals surface area contributed by atoms with Gasteiger partial charge in [-0.3, -0.25) is 0 Å². The van der Waals surface area contributed by atoms with Crippen LogP contribution in [0, 0.1) is 15.2 Å². The number of amides is 1. The SMILES string of the molecule is CCC1CNCCN1C(=O)OCc1cc(OC)ccc1F.Cl.OCc1cc(I)ccc1F. The predicted molar refractivity (Wildman–Crippen MR) is 129 cm³/mol. The summed E-state index contributed by atoms with van der Waals surface area (Å²) in [5.74, 6) is -0.213. The molecule has 1 aliphatic rings. The zero-order chi connectivity index (χ0) is 22.8. The topological polar surface area (TPSA) is 71.0 Å². The van der Waals surface area contributed by atoms with Gasteiger partial charge in [0.25, 0.3) is 0 Å². The van der Waals surface area contributed by atoms with Crippen LogP contribution in [0.4, 0.5) is 13.6 Å². The standard InChI is InChI=1S/C15H21FN2O3.C7H6FIO.ClH/c1-3-12-9-17-6-7-18(12)15(19)21-10-11-8-13(20-2)4-5-14(11)16;8-7-2-1-6(9)3-5(7)4-10;/h4-5,8,12,17H,3,6-7,9-10H2,1-2H3;1-3,10H,4H2;1H. The minimum absolute atomic E-state index is 0. The first-order valence-corrected chi connectivity index (χ1v) is 11.0. The number of ether oxygens (including phenoxy) is 2. The summed E-state index contributed by atoms with van der Waals surface area (Å²) < 4.78 is 37.5. The largest absolute Gasteiger partial charge is 0.497 e. The van der Waals surface area contributed by atoms with Crippen molar-refractivity contribution in [2.24, 2.45) is 0 Å². The molecule has 6 nitrogen and oxygen atoms in total. The molecule has 0 saturated carbocycles. The number of aliphatic hydroxyl groups is 1. The first kappa shape index (κ1) is 28.3. The second kappa shape index (κ2) is 14.5. The van der Waals surface area contributed by atoms with Crippen LogP contribution in [0.25, 0.3) is 0 Å². The first-order valence-electron chi connectivity index (χ1n) is 9.90. The molecule has 1 unspecified atom stereocenters. The highest BCUT2D eigenvalue weighted by molar-refractivity contribution is 14.1. The monoisotopic (exact) mass is 584 g/mol. The summed E-state index contributed by atoms with van der Waals surface area (Å²) >= 11 is 2.07. The van der Waals surface area contributed by atoms with Gasteiger partial charge in [0.2, 0.25) is 0 Å². The van der Waals surface area contributed by atoms with E-state index >= 15 is 0 Å². The number of methoxy groups -OCH3 is 1. The summed E-state index contributed by atoms with van der Waals surface area (Å²) in [6, 6.07) is 9.14. The number of nitrogens with zero attached hydrogens (tertiary/aromatic N) is 1. The molecule has 2 aromatic carbocycles. The number of piperazine rings is 1. The second-order valence-electron chi connectivity index (χ2n) is 6.87. The number of hydrogen-bond donors (Lipinski definition) is 2. The lowest BCUT2D eigenvalue weighted by molar-refractivity contribution is 0.0706. The molecule has 178 valence electrons. The molecule has 0 aliphatic carbocycles. The average Bonchev–Trinajstić information content (AvgIpc) is 2.80. The molecule has 0 bridgehead atoms. The highest BCUT2D eigenvalue weighted by Crippen LogP contribution is 2.18. The zero-order valence-corrected chi connectivity index (χ0v) is 20.9. The second-order valence-corrected chi connectivity index (χ2v) is 8.11. The highest BCUT2D eigenvalue weighted by atomic mass is 127. The summed E-state index contributed by atoms with van der Waals surface area (Å²) in [6.07, 6.45) is 0.459. The molecule has 2 aromatic rings. The van der Waals surface area contributed by atoms with Gasteiger partial charge in [0, 0.05) is 40.4 Å². The van der Waals surface area contributed by atoms with Gasteiger partial charge in [-0.2, -0.15) is 0 Å². The normalized spacial score (nSPS) is 15.2. The number of nitrogens with one attached hydrogen (secondary N) is 1. The van der Waals surface area contributed by atoms with Crippen LogP contribution in [0.3, 0.4) is 0 Å². The van der Waals surface area contributed by atoms with Crippen molar-refractivity contribution in [1.29, 1.82) is 0 Å². The van der Waals surface area contributed by atoms with Gasteiger partial charge in [0.1, 0.15) is 24.0 Å². The lowest BCUT2D eigenvalue weighted by atomic mass is 10.1. The minimum atomic E-state index is -0.407. The molecule has 1 saturated heterocycles. The molecule has 0 aromatic heterocycles. The van der Waals surface area contributed by atoms with Crippen LogP contribution in [-0.4, -0.2) is 48.9 Å². The van der Waals surface area contributed by atoms with E-state index in [0.29, 0.717) is 23.4 Å². The van der Waals surface area contributed by atoms with Crippen LogP contribution < -0.4 is 10.1 Å². The molecule has 0 radical (unpaired) electrons. The molecule has 1 fully saturated rings. The van der Waals surface area contributed by atoms with E-state index in [2.05, 4.69) is 27.9 Å².